The van der Waals surface area contributed by atoms with Crippen LogP contribution in [0.25, 0.3) is 0 Å². The highest BCUT2D eigenvalue weighted by Gasteiger charge is 2.47. The van der Waals surface area contributed by atoms with E-state index in [9.17, 15) is 23.2 Å². The van der Waals surface area contributed by atoms with Crippen LogP contribution >= 0.6 is 0 Å². The smallest absolute Gasteiger partial charge is 0.381 e. The normalized spacial score (nSPS) is 20.4. The molecule has 0 aromatic rings. The summed E-state index contributed by atoms with van der Waals surface area (Å²) in [5, 5.41) is 11.2. The molecule has 1 amide bonds. The lowest BCUT2D eigenvalue weighted by atomic mass is 9.80. The quantitative estimate of drug-likeness (QED) is 0.872. The molecule has 21 heavy (non-hydrogen) atoms. The number of ether oxygens (including phenoxy) is 1. The Kier molecular flexibility index (Phi) is 5.26. The molecule has 1 rings (SSSR count). The Morgan fingerprint density at radius 1 is 1.33 bits per heavy atom. The molecule has 0 aromatic carbocycles. The van der Waals surface area contributed by atoms with Gasteiger partial charge in [0.15, 0.2) is 0 Å². The number of carbonyl (C=O) groups excluding carboxylic acids is 1. The third kappa shape index (κ3) is 4.88. The van der Waals surface area contributed by atoms with Gasteiger partial charge in [-0.05, 0) is 24.7 Å². The number of halogens is 3. The zero-order valence-electron chi connectivity index (χ0n) is 12.5. The van der Waals surface area contributed by atoms with Crippen molar-refractivity contribution in [2.24, 2.45) is 10.8 Å². The molecule has 1 aliphatic heterocycles. The molecule has 0 aromatic heterocycles. The Morgan fingerprint density at radius 2 is 1.86 bits per heavy atom. The molecule has 120 valence electrons. The molecule has 1 unspecified atom stereocenters. The molecule has 4 nitrogen and oxygen atoms in total. The van der Waals surface area contributed by atoms with E-state index in [1.165, 1.54) is 0 Å². The maximum absolute atomic E-state index is 13.1. The monoisotopic (exact) mass is 306 g/mol. The van der Waals surface area contributed by atoms with E-state index in [2.05, 4.69) is 0 Å². The van der Waals surface area contributed by atoms with Crippen molar-refractivity contribution in [2.75, 3.05) is 13.2 Å². The summed E-state index contributed by atoms with van der Waals surface area (Å²) >= 11 is 0. The van der Waals surface area contributed by atoms with Gasteiger partial charge in [-0.3, -0.25) is 4.79 Å². The molecule has 1 N–H and O–H groups in total. The maximum Gasteiger partial charge on any atom is 0.408 e. The predicted octanol–water partition coefficient (Wildman–Crippen LogP) is 2.79. The van der Waals surface area contributed by atoms with Crippen molar-refractivity contribution in [2.45, 2.75) is 52.3 Å². The Morgan fingerprint density at radius 3 is 2.24 bits per heavy atom. The zero-order valence-corrected chi connectivity index (χ0v) is 12.5. The molecule has 0 radical (unpaired) electrons. The van der Waals surface area contributed by atoms with Crippen LogP contribution in [0.4, 0.5) is 13.2 Å². The third-order valence-electron chi connectivity index (χ3n) is 3.51. The van der Waals surface area contributed by atoms with Crippen LogP contribution in [0.3, 0.4) is 0 Å². The van der Waals surface area contributed by atoms with E-state index in [0.29, 0.717) is 0 Å². The topological polar surface area (TPSA) is 62.1 Å². The average Bonchev–Trinajstić information content (AvgIpc) is 2.36. The molecule has 1 atom stereocenters. The molecule has 1 heterocycles. The van der Waals surface area contributed by atoms with E-state index in [1.807, 2.05) is 11.4 Å². The minimum absolute atomic E-state index is 0.120. The highest BCUT2D eigenvalue weighted by atomic mass is 19.4. The number of hydrogen-bond acceptors (Lipinski definition) is 3. The first kappa shape index (κ1) is 17.8. The van der Waals surface area contributed by atoms with Gasteiger partial charge in [0, 0.05) is 13.2 Å². The lowest BCUT2D eigenvalue weighted by Gasteiger charge is -2.33. The SMILES string of the molecule is CC(C)(C)CC(NC(=O)C1(C#N)CCOCC1)C(F)(F)F. The van der Waals surface area contributed by atoms with Crippen molar-refractivity contribution in [3.63, 3.8) is 0 Å². The van der Waals surface area contributed by atoms with Crippen molar-refractivity contribution in [1.29, 1.82) is 5.26 Å². The molecule has 0 aliphatic carbocycles. The largest absolute Gasteiger partial charge is 0.408 e. The predicted molar refractivity (Wildman–Crippen MR) is 70.2 cm³/mol. The van der Waals surface area contributed by atoms with Crippen LogP contribution in [0, 0.1) is 22.2 Å². The number of nitrogens with zero attached hydrogens (tertiary/aromatic N) is 1. The number of nitriles is 1. The van der Waals surface area contributed by atoms with Gasteiger partial charge in [-0.25, -0.2) is 0 Å². The molecular weight excluding hydrogens is 285 g/mol. The summed E-state index contributed by atoms with van der Waals surface area (Å²) in [4.78, 5) is 12.2. The van der Waals surface area contributed by atoms with E-state index < -0.39 is 29.0 Å². The fraction of sp³-hybridized carbons (Fsp3) is 0.857. The maximum atomic E-state index is 13.1. The number of amides is 1. The van der Waals surface area contributed by atoms with Crippen LogP contribution in [-0.4, -0.2) is 31.3 Å². The van der Waals surface area contributed by atoms with Gasteiger partial charge in [0.2, 0.25) is 5.91 Å². The average molecular weight is 306 g/mol. The van der Waals surface area contributed by atoms with E-state index in [4.69, 9.17) is 4.74 Å². The van der Waals surface area contributed by atoms with Gasteiger partial charge >= 0.3 is 6.18 Å². The van der Waals surface area contributed by atoms with Crippen LogP contribution in [0.15, 0.2) is 0 Å². The Balaban J connectivity index is 2.87. The third-order valence-corrected chi connectivity index (χ3v) is 3.51. The summed E-state index contributed by atoms with van der Waals surface area (Å²) in [6.07, 6.45) is -4.53. The Hall–Kier alpha value is -1.29. The number of rotatable bonds is 3. The fourth-order valence-corrected chi connectivity index (χ4v) is 2.27. The van der Waals surface area contributed by atoms with Crippen molar-refractivity contribution >= 4 is 5.91 Å². The van der Waals surface area contributed by atoms with Gasteiger partial charge in [-0.1, -0.05) is 20.8 Å². The van der Waals surface area contributed by atoms with E-state index in [0.717, 1.165) is 0 Å². The van der Waals surface area contributed by atoms with Gasteiger partial charge in [0.1, 0.15) is 11.5 Å². The first-order chi connectivity index (χ1) is 9.50. The van der Waals surface area contributed by atoms with Gasteiger partial charge < -0.3 is 10.1 Å². The molecule has 0 spiro atoms. The van der Waals surface area contributed by atoms with Crippen molar-refractivity contribution in [3.8, 4) is 6.07 Å². The molecule has 0 saturated carbocycles. The second-order valence-corrected chi connectivity index (χ2v) is 6.64. The molecular formula is C14H21F3N2O2. The van der Waals surface area contributed by atoms with E-state index >= 15 is 0 Å². The second-order valence-electron chi connectivity index (χ2n) is 6.64. The van der Waals surface area contributed by atoms with Crippen molar-refractivity contribution < 1.29 is 22.7 Å². The van der Waals surface area contributed by atoms with Gasteiger partial charge in [-0.2, -0.15) is 18.4 Å². The molecule has 1 fully saturated rings. The Labute approximate surface area is 122 Å². The van der Waals surface area contributed by atoms with Gasteiger partial charge in [-0.15, -0.1) is 0 Å². The molecule has 0 bridgehead atoms. The van der Waals surface area contributed by atoms with Crippen LogP contribution in [0.5, 0.6) is 0 Å². The van der Waals surface area contributed by atoms with Gasteiger partial charge in [0.05, 0.1) is 6.07 Å². The minimum atomic E-state index is -4.54. The van der Waals surface area contributed by atoms with E-state index in [1.54, 1.807) is 20.8 Å². The zero-order chi connectivity index (χ0) is 16.3. The summed E-state index contributed by atoms with van der Waals surface area (Å²) in [5.74, 6) is -0.847. The highest BCUT2D eigenvalue weighted by Crippen LogP contribution is 2.34. The van der Waals surface area contributed by atoms with Crippen molar-refractivity contribution in [3.05, 3.63) is 0 Å². The number of alkyl halides is 3. The first-order valence-electron chi connectivity index (χ1n) is 6.87. The van der Waals surface area contributed by atoms with Crippen molar-refractivity contribution in [1.82, 2.24) is 5.32 Å². The highest BCUT2D eigenvalue weighted by molar-refractivity contribution is 5.85. The summed E-state index contributed by atoms with van der Waals surface area (Å²) in [5.41, 5.74) is -2.01. The standard InChI is InChI=1S/C14H21F3N2O2/c1-12(2,3)8-10(14(15,16)17)19-11(20)13(9-18)4-6-21-7-5-13/h10H,4-8H2,1-3H3,(H,19,20). The van der Waals surface area contributed by atoms with Gasteiger partial charge in [0.25, 0.3) is 0 Å². The minimum Gasteiger partial charge on any atom is -0.381 e. The number of carbonyl (C=O) groups is 1. The lowest BCUT2D eigenvalue weighted by molar-refractivity contribution is -0.170. The van der Waals surface area contributed by atoms with E-state index in [-0.39, 0.29) is 32.5 Å². The number of nitrogens with one attached hydrogen (secondary N) is 1. The molecule has 1 saturated heterocycles. The lowest BCUT2D eigenvalue weighted by Crippen LogP contribution is -2.53. The summed E-state index contributed by atoms with van der Waals surface area (Å²) in [6, 6.07) is -0.0688. The first-order valence-corrected chi connectivity index (χ1v) is 6.87. The summed E-state index contributed by atoms with van der Waals surface area (Å²) in [7, 11) is 0. The molecule has 7 heteroatoms. The summed E-state index contributed by atoms with van der Waals surface area (Å²) in [6.45, 7) is 5.43. The number of hydrogen-bond donors (Lipinski definition) is 1. The van der Waals surface area contributed by atoms with Crippen LogP contribution in [0.1, 0.15) is 40.0 Å². The molecule has 1 aliphatic rings. The second kappa shape index (κ2) is 6.22. The summed E-state index contributed by atoms with van der Waals surface area (Å²) < 4.78 is 44.3. The Bertz CT molecular complexity index is 415. The van der Waals surface area contributed by atoms with Crippen LogP contribution in [-0.2, 0) is 9.53 Å². The van der Waals surface area contributed by atoms with Crippen LogP contribution < -0.4 is 5.32 Å². The van der Waals surface area contributed by atoms with Crippen LogP contribution in [0.2, 0.25) is 0 Å². The fourth-order valence-electron chi connectivity index (χ4n) is 2.27.